The largest absolute Gasteiger partial charge is 0.469 e. The maximum atomic E-state index is 5.40. The van der Waals surface area contributed by atoms with Crippen LogP contribution in [-0.4, -0.2) is 49.6 Å². The maximum absolute atomic E-state index is 5.40. The van der Waals surface area contributed by atoms with Gasteiger partial charge in [0, 0.05) is 38.6 Å². The topological polar surface area (TPSA) is 52.8 Å². The van der Waals surface area contributed by atoms with Crippen LogP contribution in [0.4, 0.5) is 0 Å². The molecule has 0 bridgehead atoms. The van der Waals surface area contributed by atoms with Gasteiger partial charge >= 0.3 is 0 Å². The molecule has 2 heterocycles. The van der Waals surface area contributed by atoms with E-state index in [1.165, 1.54) is 45.3 Å². The Bertz CT molecular complexity index is 476. The minimum absolute atomic E-state index is 0.528. The van der Waals surface area contributed by atoms with Crippen molar-refractivity contribution in [3.05, 3.63) is 24.2 Å². The zero-order chi connectivity index (χ0) is 17.9. The lowest BCUT2D eigenvalue weighted by Crippen LogP contribution is -2.49. The summed E-state index contributed by atoms with van der Waals surface area (Å²) in [4.78, 5) is 7.35. The number of nitrogens with one attached hydrogen (secondary N) is 2. The minimum Gasteiger partial charge on any atom is -0.469 e. The summed E-state index contributed by atoms with van der Waals surface area (Å²) in [5.74, 6) is 2.53. The lowest BCUT2D eigenvalue weighted by Gasteiger charge is -2.33. The van der Waals surface area contributed by atoms with E-state index in [-0.39, 0.29) is 0 Å². The van der Waals surface area contributed by atoms with E-state index in [4.69, 9.17) is 9.41 Å². The monoisotopic (exact) mass is 348 g/mol. The molecule has 0 saturated carbocycles. The third-order valence-electron chi connectivity index (χ3n) is 4.61. The molecule has 25 heavy (non-hydrogen) atoms. The third kappa shape index (κ3) is 7.95. The Morgan fingerprint density at radius 1 is 1.36 bits per heavy atom. The molecule has 1 aromatic rings. The highest BCUT2D eigenvalue weighted by molar-refractivity contribution is 5.80. The van der Waals surface area contributed by atoms with Crippen molar-refractivity contribution in [1.82, 2.24) is 15.5 Å². The second-order valence-electron chi connectivity index (χ2n) is 7.45. The minimum atomic E-state index is 0.528. The van der Waals surface area contributed by atoms with Gasteiger partial charge in [-0.1, -0.05) is 27.2 Å². The number of hydrogen-bond acceptors (Lipinski definition) is 3. The van der Waals surface area contributed by atoms with Crippen LogP contribution in [-0.2, 0) is 6.42 Å². The van der Waals surface area contributed by atoms with Crippen molar-refractivity contribution < 1.29 is 4.42 Å². The summed E-state index contributed by atoms with van der Waals surface area (Å²) >= 11 is 0. The van der Waals surface area contributed by atoms with Crippen LogP contribution in [0.1, 0.15) is 52.2 Å². The van der Waals surface area contributed by atoms with Crippen LogP contribution >= 0.6 is 0 Å². The van der Waals surface area contributed by atoms with Gasteiger partial charge in [-0.05, 0) is 43.9 Å². The van der Waals surface area contributed by atoms with Gasteiger partial charge in [0.15, 0.2) is 5.96 Å². The average Bonchev–Trinajstić information content (AvgIpc) is 3.12. The van der Waals surface area contributed by atoms with Crippen LogP contribution in [0, 0.1) is 5.92 Å². The van der Waals surface area contributed by atoms with Gasteiger partial charge in [0.1, 0.15) is 5.76 Å². The van der Waals surface area contributed by atoms with Gasteiger partial charge in [-0.15, -0.1) is 0 Å². The Morgan fingerprint density at radius 2 is 2.16 bits per heavy atom. The van der Waals surface area contributed by atoms with Crippen molar-refractivity contribution in [2.75, 3.05) is 32.7 Å². The number of hydrogen-bond donors (Lipinski definition) is 2. The van der Waals surface area contributed by atoms with Crippen molar-refractivity contribution in [2.45, 2.75) is 58.9 Å². The van der Waals surface area contributed by atoms with E-state index in [0.29, 0.717) is 12.0 Å². The second-order valence-corrected chi connectivity index (χ2v) is 7.45. The fourth-order valence-corrected chi connectivity index (χ4v) is 3.06. The van der Waals surface area contributed by atoms with E-state index in [9.17, 15) is 0 Å². The van der Waals surface area contributed by atoms with Crippen LogP contribution in [0.5, 0.6) is 0 Å². The first kappa shape index (κ1) is 19.8. The van der Waals surface area contributed by atoms with Gasteiger partial charge in [-0.2, -0.15) is 0 Å². The van der Waals surface area contributed by atoms with Crippen LogP contribution in [0.3, 0.4) is 0 Å². The molecule has 0 unspecified atom stereocenters. The molecular formula is C20H36N4O. The summed E-state index contributed by atoms with van der Waals surface area (Å²) in [5, 5.41) is 7.12. The van der Waals surface area contributed by atoms with Gasteiger partial charge in [0.05, 0.1) is 6.26 Å². The number of piperidine rings is 1. The van der Waals surface area contributed by atoms with E-state index in [2.05, 4.69) is 36.3 Å². The highest BCUT2D eigenvalue weighted by atomic mass is 16.3. The van der Waals surface area contributed by atoms with Crippen molar-refractivity contribution in [3.63, 3.8) is 0 Å². The molecule has 1 aromatic heterocycles. The summed E-state index contributed by atoms with van der Waals surface area (Å²) in [7, 11) is 0. The molecule has 1 aliphatic rings. The lowest BCUT2D eigenvalue weighted by molar-refractivity contribution is 0.203. The Kier molecular flexibility index (Phi) is 8.87. The van der Waals surface area contributed by atoms with Gasteiger partial charge in [0.25, 0.3) is 0 Å². The van der Waals surface area contributed by atoms with Gasteiger partial charge in [-0.3, -0.25) is 4.99 Å². The van der Waals surface area contributed by atoms with Gasteiger partial charge in [0.2, 0.25) is 0 Å². The van der Waals surface area contributed by atoms with E-state index < -0.39 is 0 Å². The smallest absolute Gasteiger partial charge is 0.191 e. The Balaban J connectivity index is 1.76. The van der Waals surface area contributed by atoms with E-state index in [1.54, 1.807) is 6.26 Å². The molecule has 5 heteroatoms. The van der Waals surface area contributed by atoms with Gasteiger partial charge < -0.3 is 20.0 Å². The summed E-state index contributed by atoms with van der Waals surface area (Å²) in [5.41, 5.74) is 0. The number of unbranched alkanes of at least 4 members (excludes halogenated alkanes) is 1. The van der Waals surface area contributed by atoms with Crippen LogP contribution in [0.15, 0.2) is 27.8 Å². The Labute approximate surface area is 153 Å². The van der Waals surface area contributed by atoms with Gasteiger partial charge in [-0.25, -0.2) is 0 Å². The number of aliphatic imine (C=N–C) groups is 1. The van der Waals surface area contributed by atoms with Crippen molar-refractivity contribution in [1.29, 1.82) is 0 Å². The first-order valence-electron chi connectivity index (χ1n) is 9.97. The number of furan rings is 1. The summed E-state index contributed by atoms with van der Waals surface area (Å²) in [6.07, 6.45) is 7.60. The zero-order valence-electron chi connectivity index (χ0n) is 16.3. The van der Waals surface area contributed by atoms with Crippen molar-refractivity contribution in [3.8, 4) is 0 Å². The molecule has 2 N–H and O–H groups in total. The quantitative estimate of drug-likeness (QED) is 0.531. The molecule has 1 fully saturated rings. The fourth-order valence-electron chi connectivity index (χ4n) is 3.06. The van der Waals surface area contributed by atoms with Crippen LogP contribution in [0.25, 0.3) is 0 Å². The molecule has 0 atom stereocenters. The van der Waals surface area contributed by atoms with Crippen molar-refractivity contribution in [2.24, 2.45) is 10.9 Å². The summed E-state index contributed by atoms with van der Waals surface area (Å²) in [6.45, 7) is 12.0. The molecule has 1 aliphatic heterocycles. The van der Waals surface area contributed by atoms with E-state index >= 15 is 0 Å². The molecule has 0 spiro atoms. The Morgan fingerprint density at radius 3 is 2.80 bits per heavy atom. The molecular weight excluding hydrogens is 312 g/mol. The highest BCUT2D eigenvalue weighted by Crippen LogP contribution is 2.11. The summed E-state index contributed by atoms with van der Waals surface area (Å²) < 4.78 is 5.40. The molecule has 0 aliphatic carbocycles. The molecule has 2 rings (SSSR count). The second kappa shape index (κ2) is 11.2. The molecule has 142 valence electrons. The predicted molar refractivity (Wildman–Crippen MR) is 105 cm³/mol. The molecule has 1 saturated heterocycles. The van der Waals surface area contributed by atoms with Crippen molar-refractivity contribution >= 4 is 5.96 Å². The first-order chi connectivity index (χ1) is 12.2. The number of likely N-dealkylation sites (tertiary alicyclic amines) is 1. The number of rotatable bonds is 9. The highest BCUT2D eigenvalue weighted by Gasteiger charge is 2.19. The van der Waals surface area contributed by atoms with Crippen LogP contribution in [0.2, 0.25) is 0 Å². The number of guanidine groups is 1. The first-order valence-corrected chi connectivity index (χ1v) is 9.97. The average molecular weight is 349 g/mol. The normalized spacial score (nSPS) is 17.2. The zero-order valence-corrected chi connectivity index (χ0v) is 16.3. The summed E-state index contributed by atoms with van der Waals surface area (Å²) in [6, 6.07) is 4.49. The van der Waals surface area contributed by atoms with Crippen LogP contribution < -0.4 is 10.6 Å². The molecule has 0 radical (unpaired) electrons. The van der Waals surface area contributed by atoms with E-state index in [0.717, 1.165) is 31.2 Å². The number of nitrogens with zero attached hydrogens (tertiary/aromatic N) is 2. The molecule has 5 nitrogen and oxygen atoms in total. The third-order valence-corrected chi connectivity index (χ3v) is 4.61. The predicted octanol–water partition coefficient (Wildman–Crippen LogP) is 3.28. The SMILES string of the molecule is CCCCN1CCC(NC(=NCC(C)C)NCCc2ccco2)CC1. The molecule has 0 amide bonds. The molecule has 0 aromatic carbocycles. The lowest BCUT2D eigenvalue weighted by atomic mass is 10.0. The fraction of sp³-hybridized carbons (Fsp3) is 0.750. The Hall–Kier alpha value is -1.49. The standard InChI is InChI=1S/C20H36N4O/c1-4-5-12-24-13-9-18(10-14-24)23-20(22-16-17(2)3)21-11-8-19-7-6-15-25-19/h6-7,15,17-18H,4-5,8-14,16H2,1-3H3,(H2,21,22,23). The van der Waals surface area contributed by atoms with E-state index in [1.807, 2.05) is 12.1 Å². The maximum Gasteiger partial charge on any atom is 0.191 e.